The number of hydrogen-bond acceptors (Lipinski definition) is 10. The summed E-state index contributed by atoms with van der Waals surface area (Å²) in [5.41, 5.74) is 5.44. The zero-order valence-corrected chi connectivity index (χ0v) is 40.5. The minimum Gasteiger partial charge on any atom is -0.493 e. The molecule has 1 aliphatic rings. The highest BCUT2D eigenvalue weighted by Crippen LogP contribution is 2.68. The molecule has 0 aromatic heterocycles. The Kier molecular flexibility index (Phi) is 20.3. The third-order valence-corrected chi connectivity index (χ3v) is 10.8. The lowest BCUT2D eigenvalue weighted by Gasteiger charge is -2.40. The quantitative estimate of drug-likeness (QED) is 0.0307. The van der Waals surface area contributed by atoms with Crippen LogP contribution in [-0.2, 0) is 28.1 Å². The summed E-state index contributed by atoms with van der Waals surface area (Å²) in [5, 5.41) is 0. The van der Waals surface area contributed by atoms with Gasteiger partial charge in [-0.05, 0) is 73.6 Å². The zero-order valence-electron chi connectivity index (χ0n) is 40.5. The molecular formula is C55H74O10. The minimum absolute atomic E-state index is 0.157. The van der Waals surface area contributed by atoms with Crippen LogP contribution in [0.25, 0.3) is 11.1 Å². The maximum absolute atomic E-state index is 7.21. The van der Waals surface area contributed by atoms with E-state index in [-0.39, 0.29) is 13.2 Å². The second-order valence-electron chi connectivity index (χ2n) is 15.9. The van der Waals surface area contributed by atoms with Crippen LogP contribution in [0.3, 0.4) is 0 Å². The van der Waals surface area contributed by atoms with Gasteiger partial charge in [-0.25, -0.2) is 0 Å². The molecule has 0 unspecified atom stereocenters. The molecule has 0 bridgehead atoms. The molecule has 0 aliphatic heterocycles. The number of ether oxygens (including phenoxy) is 10. The predicted molar refractivity (Wildman–Crippen MR) is 260 cm³/mol. The second-order valence-corrected chi connectivity index (χ2v) is 15.9. The van der Waals surface area contributed by atoms with Crippen molar-refractivity contribution in [3.63, 3.8) is 0 Å². The van der Waals surface area contributed by atoms with Crippen molar-refractivity contribution in [2.75, 3.05) is 52.9 Å². The molecule has 0 amide bonds. The fourth-order valence-electron chi connectivity index (χ4n) is 8.40. The average Bonchev–Trinajstić information content (AvgIpc) is 3.62. The lowest BCUT2D eigenvalue weighted by molar-refractivity contribution is 0.115. The monoisotopic (exact) mass is 895 g/mol. The molecule has 0 saturated carbocycles. The van der Waals surface area contributed by atoms with Gasteiger partial charge in [0.25, 0.3) is 0 Å². The van der Waals surface area contributed by atoms with E-state index in [1.54, 1.807) is 0 Å². The highest BCUT2D eigenvalue weighted by Gasteiger charge is 2.56. The summed E-state index contributed by atoms with van der Waals surface area (Å²) in [5.74, 6) is 3.78. The largest absolute Gasteiger partial charge is 0.493 e. The summed E-state index contributed by atoms with van der Waals surface area (Å²) in [6.07, 6.45) is 8.83. The van der Waals surface area contributed by atoms with Crippen LogP contribution in [0.2, 0.25) is 0 Å². The van der Waals surface area contributed by atoms with Crippen LogP contribution in [0.5, 0.6) is 46.0 Å². The van der Waals surface area contributed by atoms with Crippen LogP contribution in [0.15, 0.2) is 74.2 Å². The van der Waals surface area contributed by atoms with Crippen LogP contribution < -0.4 is 37.9 Å². The Hall–Kier alpha value is -5.32. The lowest BCUT2D eigenvalue weighted by Crippen LogP contribution is -2.33. The maximum Gasteiger partial charge on any atom is 0.205 e. The zero-order chi connectivity index (χ0) is 46.6. The summed E-state index contributed by atoms with van der Waals surface area (Å²) in [7, 11) is 0. The second kappa shape index (κ2) is 26.0. The van der Waals surface area contributed by atoms with Gasteiger partial charge in [0.05, 0.1) is 93.0 Å². The summed E-state index contributed by atoms with van der Waals surface area (Å²) < 4.78 is 68.4. The van der Waals surface area contributed by atoms with Gasteiger partial charge in [-0.1, -0.05) is 117 Å². The molecule has 1 aliphatic carbocycles. The third-order valence-electron chi connectivity index (χ3n) is 10.8. The van der Waals surface area contributed by atoms with Gasteiger partial charge in [0, 0.05) is 13.2 Å². The maximum atomic E-state index is 7.21. The number of hydrogen-bond donors (Lipinski definition) is 0. The fraction of sp³-hybridized carbons (Fsp3) is 0.491. The third kappa shape index (κ3) is 10.7. The van der Waals surface area contributed by atoms with Gasteiger partial charge in [0.2, 0.25) is 11.5 Å². The molecule has 0 atom stereocenters. The molecule has 0 saturated heterocycles. The highest BCUT2D eigenvalue weighted by molar-refractivity contribution is 5.92. The van der Waals surface area contributed by atoms with E-state index < -0.39 is 5.41 Å². The number of fused-ring (bicyclic) bond motifs is 3. The fourth-order valence-corrected chi connectivity index (χ4v) is 8.40. The van der Waals surface area contributed by atoms with Crippen LogP contribution in [-0.4, -0.2) is 52.9 Å². The molecule has 65 heavy (non-hydrogen) atoms. The van der Waals surface area contributed by atoms with Crippen molar-refractivity contribution in [1.29, 1.82) is 0 Å². The van der Waals surface area contributed by atoms with Crippen LogP contribution >= 0.6 is 0 Å². The molecule has 4 aromatic rings. The molecule has 0 spiro atoms. The van der Waals surface area contributed by atoms with Crippen molar-refractivity contribution < 1.29 is 47.4 Å². The van der Waals surface area contributed by atoms with Crippen molar-refractivity contribution >= 4 is 0 Å². The van der Waals surface area contributed by atoms with Crippen molar-refractivity contribution in [1.82, 2.24) is 0 Å². The predicted octanol–water partition coefficient (Wildman–Crippen LogP) is 13.7. The van der Waals surface area contributed by atoms with Gasteiger partial charge >= 0.3 is 0 Å². The smallest absolute Gasteiger partial charge is 0.205 e. The molecule has 0 heterocycles. The molecule has 10 nitrogen and oxygen atoms in total. The molecule has 0 radical (unpaired) electrons. The molecule has 0 N–H and O–H groups in total. The normalized spacial score (nSPS) is 12.2. The Bertz CT molecular complexity index is 1990. The summed E-state index contributed by atoms with van der Waals surface area (Å²) in [6.45, 7) is 28.4. The molecular weight excluding hydrogens is 821 g/mol. The van der Waals surface area contributed by atoms with Gasteiger partial charge < -0.3 is 47.4 Å². The summed E-state index contributed by atoms with van der Waals surface area (Å²) >= 11 is 0. The Balaban J connectivity index is 2.28. The Labute approximate surface area is 389 Å². The first-order valence-corrected chi connectivity index (χ1v) is 24.1. The van der Waals surface area contributed by atoms with E-state index in [0.717, 1.165) is 60.8 Å². The van der Waals surface area contributed by atoms with Gasteiger partial charge in [0.15, 0.2) is 23.0 Å². The van der Waals surface area contributed by atoms with E-state index in [9.17, 15) is 0 Å². The van der Waals surface area contributed by atoms with Gasteiger partial charge in [0.1, 0.15) is 11.5 Å². The number of rotatable bonds is 32. The van der Waals surface area contributed by atoms with E-state index in [2.05, 4.69) is 117 Å². The first-order valence-electron chi connectivity index (χ1n) is 24.1. The van der Waals surface area contributed by atoms with Crippen molar-refractivity contribution in [3.8, 4) is 57.1 Å². The van der Waals surface area contributed by atoms with E-state index in [1.807, 2.05) is 0 Å². The average molecular weight is 895 g/mol. The first kappa shape index (κ1) is 50.7. The van der Waals surface area contributed by atoms with Crippen LogP contribution in [0.1, 0.15) is 140 Å². The summed E-state index contributed by atoms with van der Waals surface area (Å²) in [6, 6.07) is 17.1. The first-order chi connectivity index (χ1) is 31.9. The van der Waals surface area contributed by atoms with Crippen LogP contribution in [0, 0.1) is 0 Å². The molecule has 5 rings (SSSR count). The van der Waals surface area contributed by atoms with E-state index in [0.29, 0.717) is 134 Å². The van der Waals surface area contributed by atoms with Crippen molar-refractivity contribution in [2.45, 2.75) is 125 Å². The van der Waals surface area contributed by atoms with Crippen molar-refractivity contribution in [3.05, 3.63) is 108 Å². The SMILES string of the molecule is C=COc1c(COCCC)c(OCCC)c(C2(c3c(OCCC)c(COCCC)c(OC=C)c(OCCC)c3OCCC)c3ccccc3-c3ccccc32)c(OCCC)c1OCCC. The van der Waals surface area contributed by atoms with Crippen LogP contribution in [0.4, 0.5) is 0 Å². The molecule has 4 aromatic carbocycles. The molecule has 0 fully saturated rings. The van der Waals surface area contributed by atoms with E-state index in [4.69, 9.17) is 47.4 Å². The van der Waals surface area contributed by atoms with Gasteiger partial charge in [-0.3, -0.25) is 0 Å². The van der Waals surface area contributed by atoms with E-state index >= 15 is 0 Å². The Morgan fingerprint density at radius 1 is 0.385 bits per heavy atom. The Morgan fingerprint density at radius 2 is 0.692 bits per heavy atom. The van der Waals surface area contributed by atoms with Gasteiger partial charge in [-0.15, -0.1) is 0 Å². The Morgan fingerprint density at radius 3 is 1.02 bits per heavy atom. The standard InChI is InChI=1S/C55H74O10/c1-11-29-56-37-41-47(60-31-13-3)45(51(62-33-15-5)53(64-35-17-7)49(41)58-19-9)55(43-27-23-21-25-39(43)40-26-22-24-28-44(40)55)46-48(61-32-14-4)42(38-57-30-12-2)50(59-20-10)54(65-36-18-8)52(46)63-34-16-6/h19-28H,9-18,29-38H2,1-8H3. The topological polar surface area (TPSA) is 92.3 Å². The van der Waals surface area contributed by atoms with Crippen molar-refractivity contribution in [2.24, 2.45) is 0 Å². The summed E-state index contributed by atoms with van der Waals surface area (Å²) in [4.78, 5) is 0. The van der Waals surface area contributed by atoms with E-state index in [1.165, 1.54) is 12.5 Å². The highest BCUT2D eigenvalue weighted by atomic mass is 16.6. The minimum atomic E-state index is -1.31. The molecule has 354 valence electrons. The number of benzene rings is 4. The van der Waals surface area contributed by atoms with Gasteiger partial charge in [-0.2, -0.15) is 0 Å². The lowest BCUT2D eigenvalue weighted by atomic mass is 9.65. The molecule has 10 heteroatoms.